The molecule has 0 saturated carbocycles. The molecule has 0 aliphatic heterocycles. The SMILES string of the molecule is CCCOc1cccc([C@@H](CC(=O)O)NC=O)c1. The molecule has 5 heteroatoms. The molecule has 1 aromatic carbocycles. The maximum atomic E-state index is 10.7. The van der Waals surface area contributed by atoms with Gasteiger partial charge < -0.3 is 15.2 Å². The Morgan fingerprint density at radius 3 is 2.94 bits per heavy atom. The quantitative estimate of drug-likeness (QED) is 0.690. The summed E-state index contributed by atoms with van der Waals surface area (Å²) in [5, 5.41) is 11.3. The van der Waals surface area contributed by atoms with Gasteiger partial charge in [-0.15, -0.1) is 0 Å². The monoisotopic (exact) mass is 251 g/mol. The summed E-state index contributed by atoms with van der Waals surface area (Å²) in [6.45, 7) is 2.61. The van der Waals surface area contributed by atoms with Gasteiger partial charge in [0.2, 0.25) is 6.41 Å². The summed E-state index contributed by atoms with van der Waals surface area (Å²) >= 11 is 0. The van der Waals surface area contributed by atoms with Crippen molar-refractivity contribution in [3.8, 4) is 5.75 Å². The number of carbonyl (C=O) groups excluding carboxylic acids is 1. The topological polar surface area (TPSA) is 75.6 Å². The minimum atomic E-state index is -0.964. The van der Waals surface area contributed by atoms with Gasteiger partial charge in [0.15, 0.2) is 0 Å². The zero-order chi connectivity index (χ0) is 13.4. The van der Waals surface area contributed by atoms with Crippen LogP contribution in [0.5, 0.6) is 5.75 Å². The zero-order valence-corrected chi connectivity index (χ0v) is 10.3. The fourth-order valence-corrected chi connectivity index (χ4v) is 1.57. The van der Waals surface area contributed by atoms with E-state index in [4.69, 9.17) is 9.84 Å². The second-order valence-electron chi connectivity index (χ2n) is 3.86. The van der Waals surface area contributed by atoms with Gasteiger partial charge in [0, 0.05) is 0 Å². The molecule has 1 amide bonds. The number of carboxylic acids is 1. The van der Waals surface area contributed by atoms with E-state index >= 15 is 0 Å². The van der Waals surface area contributed by atoms with Crippen molar-refractivity contribution < 1.29 is 19.4 Å². The van der Waals surface area contributed by atoms with Crippen LogP contribution >= 0.6 is 0 Å². The molecule has 1 atom stereocenters. The molecular weight excluding hydrogens is 234 g/mol. The van der Waals surface area contributed by atoms with Crippen LogP contribution in [0, 0.1) is 0 Å². The van der Waals surface area contributed by atoms with Crippen molar-refractivity contribution in [2.24, 2.45) is 0 Å². The van der Waals surface area contributed by atoms with Gasteiger partial charge in [-0.3, -0.25) is 9.59 Å². The molecule has 98 valence electrons. The highest BCUT2D eigenvalue weighted by molar-refractivity contribution is 5.68. The number of hydrogen-bond acceptors (Lipinski definition) is 3. The van der Waals surface area contributed by atoms with Crippen molar-refractivity contribution in [3.63, 3.8) is 0 Å². The Morgan fingerprint density at radius 2 is 2.33 bits per heavy atom. The zero-order valence-electron chi connectivity index (χ0n) is 10.3. The summed E-state index contributed by atoms with van der Waals surface area (Å²) in [5.41, 5.74) is 0.720. The Kier molecular flexibility index (Phi) is 5.70. The van der Waals surface area contributed by atoms with Crippen molar-refractivity contribution in [1.82, 2.24) is 5.32 Å². The lowest BCUT2D eigenvalue weighted by molar-refractivity contribution is -0.137. The van der Waals surface area contributed by atoms with Crippen LogP contribution in [0.2, 0.25) is 0 Å². The van der Waals surface area contributed by atoms with Gasteiger partial charge in [-0.1, -0.05) is 19.1 Å². The van der Waals surface area contributed by atoms with Crippen molar-refractivity contribution in [2.75, 3.05) is 6.61 Å². The van der Waals surface area contributed by atoms with E-state index in [9.17, 15) is 9.59 Å². The maximum absolute atomic E-state index is 10.7. The Labute approximate surface area is 106 Å². The normalized spacial score (nSPS) is 11.6. The van der Waals surface area contributed by atoms with Gasteiger partial charge in [-0.25, -0.2) is 0 Å². The summed E-state index contributed by atoms with van der Waals surface area (Å²) in [5.74, 6) is -0.285. The van der Waals surface area contributed by atoms with Crippen molar-refractivity contribution in [1.29, 1.82) is 0 Å². The molecule has 0 radical (unpaired) electrons. The highest BCUT2D eigenvalue weighted by atomic mass is 16.5. The van der Waals surface area contributed by atoms with Gasteiger partial charge in [0.05, 0.1) is 19.1 Å². The molecule has 1 rings (SSSR count). The van der Waals surface area contributed by atoms with Gasteiger partial charge in [-0.2, -0.15) is 0 Å². The number of amides is 1. The molecule has 0 aliphatic carbocycles. The second-order valence-corrected chi connectivity index (χ2v) is 3.86. The van der Waals surface area contributed by atoms with Crippen LogP contribution in [0.25, 0.3) is 0 Å². The molecular formula is C13H17NO4. The van der Waals surface area contributed by atoms with E-state index < -0.39 is 12.0 Å². The molecule has 0 aromatic heterocycles. The summed E-state index contributed by atoms with van der Waals surface area (Å²) < 4.78 is 5.47. The van der Waals surface area contributed by atoms with Crippen LogP contribution in [0.3, 0.4) is 0 Å². The van der Waals surface area contributed by atoms with Crippen LogP contribution < -0.4 is 10.1 Å². The first-order valence-electron chi connectivity index (χ1n) is 5.81. The molecule has 5 nitrogen and oxygen atoms in total. The number of benzene rings is 1. The van der Waals surface area contributed by atoms with E-state index in [-0.39, 0.29) is 6.42 Å². The van der Waals surface area contributed by atoms with E-state index in [0.717, 1.165) is 12.0 Å². The highest BCUT2D eigenvalue weighted by Crippen LogP contribution is 2.21. The number of carboxylic acid groups (broad SMARTS) is 1. The standard InChI is InChI=1S/C13H17NO4/c1-2-6-18-11-5-3-4-10(7-11)12(14-9-15)8-13(16)17/h3-5,7,9,12H,2,6,8H2,1H3,(H,14,15)(H,16,17)/t12-/m1/s1. The van der Waals surface area contributed by atoms with E-state index in [2.05, 4.69) is 5.32 Å². The predicted octanol–water partition coefficient (Wildman–Crippen LogP) is 1.74. The fraction of sp³-hybridized carbons (Fsp3) is 0.385. The molecule has 18 heavy (non-hydrogen) atoms. The first-order chi connectivity index (χ1) is 8.67. The molecule has 0 spiro atoms. The Balaban J connectivity index is 2.82. The Hall–Kier alpha value is -2.04. The highest BCUT2D eigenvalue weighted by Gasteiger charge is 2.15. The Morgan fingerprint density at radius 1 is 1.56 bits per heavy atom. The molecule has 0 bridgehead atoms. The van der Waals surface area contributed by atoms with Gasteiger partial charge in [0.25, 0.3) is 0 Å². The molecule has 0 heterocycles. The van der Waals surface area contributed by atoms with Crippen molar-refractivity contribution in [3.05, 3.63) is 29.8 Å². The fourth-order valence-electron chi connectivity index (χ4n) is 1.57. The predicted molar refractivity (Wildman–Crippen MR) is 66.4 cm³/mol. The van der Waals surface area contributed by atoms with Crippen LogP contribution in [0.1, 0.15) is 31.4 Å². The van der Waals surface area contributed by atoms with Gasteiger partial charge in [0.1, 0.15) is 5.75 Å². The molecule has 0 unspecified atom stereocenters. The first kappa shape index (κ1) is 14.0. The minimum absolute atomic E-state index is 0.157. The third-order valence-electron chi connectivity index (χ3n) is 2.38. The summed E-state index contributed by atoms with van der Waals surface area (Å²) in [6, 6.07) is 6.56. The van der Waals surface area contributed by atoms with E-state index in [1.54, 1.807) is 24.3 Å². The molecule has 0 fully saturated rings. The first-order valence-corrected chi connectivity index (χ1v) is 5.81. The number of aliphatic carboxylic acids is 1. The second kappa shape index (κ2) is 7.32. The van der Waals surface area contributed by atoms with Gasteiger partial charge >= 0.3 is 5.97 Å². The number of ether oxygens (including phenoxy) is 1. The largest absolute Gasteiger partial charge is 0.494 e. The lowest BCUT2D eigenvalue weighted by atomic mass is 10.0. The lowest BCUT2D eigenvalue weighted by Crippen LogP contribution is -2.22. The molecule has 0 aliphatic rings. The summed E-state index contributed by atoms with van der Waals surface area (Å²) in [7, 11) is 0. The number of nitrogens with one attached hydrogen (secondary N) is 1. The van der Waals surface area contributed by atoms with E-state index in [1.165, 1.54) is 0 Å². The van der Waals surface area contributed by atoms with Crippen LogP contribution in [0.4, 0.5) is 0 Å². The maximum Gasteiger partial charge on any atom is 0.305 e. The van der Waals surface area contributed by atoms with E-state index in [0.29, 0.717) is 18.8 Å². The number of carbonyl (C=O) groups is 2. The third-order valence-corrected chi connectivity index (χ3v) is 2.38. The molecule has 2 N–H and O–H groups in total. The molecule has 0 saturated heterocycles. The van der Waals surface area contributed by atoms with E-state index in [1.807, 2.05) is 6.92 Å². The smallest absolute Gasteiger partial charge is 0.305 e. The third kappa shape index (κ3) is 4.45. The lowest BCUT2D eigenvalue weighted by Gasteiger charge is -2.15. The number of hydrogen-bond donors (Lipinski definition) is 2. The van der Waals surface area contributed by atoms with Crippen LogP contribution in [0.15, 0.2) is 24.3 Å². The number of rotatable bonds is 8. The average molecular weight is 251 g/mol. The summed E-state index contributed by atoms with van der Waals surface area (Å²) in [6.07, 6.45) is 1.25. The van der Waals surface area contributed by atoms with Crippen LogP contribution in [-0.4, -0.2) is 24.1 Å². The summed E-state index contributed by atoms with van der Waals surface area (Å²) in [4.78, 5) is 21.2. The van der Waals surface area contributed by atoms with Crippen LogP contribution in [-0.2, 0) is 9.59 Å². The minimum Gasteiger partial charge on any atom is -0.494 e. The Bertz CT molecular complexity index is 406. The molecule has 1 aromatic rings. The van der Waals surface area contributed by atoms with Crippen molar-refractivity contribution in [2.45, 2.75) is 25.8 Å². The van der Waals surface area contributed by atoms with Gasteiger partial charge in [-0.05, 0) is 24.1 Å². The van der Waals surface area contributed by atoms with Crippen molar-refractivity contribution >= 4 is 12.4 Å². The average Bonchev–Trinajstić information content (AvgIpc) is 2.36.